The van der Waals surface area contributed by atoms with Crippen molar-refractivity contribution in [2.24, 2.45) is 0 Å². The minimum Gasteiger partial charge on any atom is -0.325 e. The molecule has 2 amide bonds. The van der Waals surface area contributed by atoms with Crippen LogP contribution in [0.25, 0.3) is 0 Å². The maximum Gasteiger partial charge on any atom is 0.246 e. The third kappa shape index (κ3) is 3.12. The van der Waals surface area contributed by atoms with Crippen LogP contribution in [-0.4, -0.2) is 58.3 Å². The van der Waals surface area contributed by atoms with E-state index in [0.29, 0.717) is 6.54 Å². The fourth-order valence-electron chi connectivity index (χ4n) is 4.12. The Labute approximate surface area is 157 Å². The summed E-state index contributed by atoms with van der Waals surface area (Å²) in [7, 11) is 0. The Morgan fingerprint density at radius 3 is 2.92 bits per heavy atom. The second-order valence-electron chi connectivity index (χ2n) is 7.11. The van der Waals surface area contributed by atoms with Crippen molar-refractivity contribution in [3.63, 3.8) is 0 Å². The zero-order valence-electron chi connectivity index (χ0n) is 14.8. The van der Waals surface area contributed by atoms with Crippen LogP contribution in [0.1, 0.15) is 18.9 Å². The van der Waals surface area contributed by atoms with E-state index in [4.69, 9.17) is 0 Å². The number of nitrogens with zero attached hydrogens (tertiary/aromatic N) is 4. The molecule has 1 atom stereocenters. The van der Waals surface area contributed by atoms with Crippen LogP contribution in [0.2, 0.25) is 0 Å². The van der Waals surface area contributed by atoms with Crippen molar-refractivity contribution in [2.75, 3.05) is 31.1 Å². The molecular formula is C19H22N4O2S. The Kier molecular flexibility index (Phi) is 4.50. The molecule has 2 fully saturated rings. The van der Waals surface area contributed by atoms with Gasteiger partial charge in [0.05, 0.1) is 24.0 Å². The predicted octanol–water partition coefficient (Wildman–Crippen LogP) is 1.98. The van der Waals surface area contributed by atoms with E-state index in [1.54, 1.807) is 40.5 Å². The number of thiophene rings is 1. The first-order chi connectivity index (χ1) is 12.6. The fourth-order valence-corrected chi connectivity index (χ4v) is 4.78. The molecule has 0 saturated carbocycles. The van der Waals surface area contributed by atoms with E-state index < -0.39 is 0 Å². The number of amides is 2. The lowest BCUT2D eigenvalue weighted by atomic mass is 9.92. The van der Waals surface area contributed by atoms with Crippen LogP contribution in [0.3, 0.4) is 0 Å². The van der Waals surface area contributed by atoms with E-state index in [2.05, 4.69) is 26.7 Å². The summed E-state index contributed by atoms with van der Waals surface area (Å²) < 4.78 is 0. The second kappa shape index (κ2) is 6.81. The highest BCUT2D eigenvalue weighted by Gasteiger charge is 2.50. The van der Waals surface area contributed by atoms with Gasteiger partial charge in [0.2, 0.25) is 11.8 Å². The molecule has 0 N–H and O–H groups in total. The standard InChI is InChI=1S/C19H22N4O2S/c1-15(24)23-11-18(25)22(17-3-2-6-20-9-17)14-19(23)5-7-21(13-19)10-16-4-8-26-12-16/h2-4,6,8-9,12H,5,7,10-11,13-14H2,1H3. The lowest BCUT2D eigenvalue weighted by molar-refractivity contribution is -0.142. The molecule has 1 spiro atoms. The van der Waals surface area contributed by atoms with E-state index in [1.165, 1.54) is 5.56 Å². The van der Waals surface area contributed by atoms with Gasteiger partial charge < -0.3 is 9.80 Å². The lowest BCUT2D eigenvalue weighted by Crippen LogP contribution is -2.66. The van der Waals surface area contributed by atoms with Crippen LogP contribution < -0.4 is 4.90 Å². The predicted molar refractivity (Wildman–Crippen MR) is 101 cm³/mol. The van der Waals surface area contributed by atoms with Crippen LogP contribution in [0.5, 0.6) is 0 Å². The highest BCUT2D eigenvalue weighted by atomic mass is 32.1. The normalized spacial score (nSPS) is 23.8. The third-order valence-corrected chi connectivity index (χ3v) is 6.09. The smallest absolute Gasteiger partial charge is 0.246 e. The fraction of sp³-hybridized carbons (Fsp3) is 0.421. The van der Waals surface area contributed by atoms with E-state index >= 15 is 0 Å². The first kappa shape index (κ1) is 17.2. The highest BCUT2D eigenvalue weighted by Crippen LogP contribution is 2.35. The maximum absolute atomic E-state index is 12.7. The van der Waals surface area contributed by atoms with Crippen molar-refractivity contribution >= 4 is 28.8 Å². The number of rotatable bonds is 3. The van der Waals surface area contributed by atoms with Gasteiger partial charge in [0.1, 0.15) is 6.54 Å². The topological polar surface area (TPSA) is 56.8 Å². The van der Waals surface area contributed by atoms with E-state index in [-0.39, 0.29) is 23.9 Å². The minimum absolute atomic E-state index is 0.0263. The summed E-state index contributed by atoms with van der Waals surface area (Å²) in [6.07, 6.45) is 4.29. The van der Waals surface area contributed by atoms with Crippen LogP contribution in [-0.2, 0) is 16.1 Å². The molecule has 0 aromatic carbocycles. The summed E-state index contributed by atoms with van der Waals surface area (Å²) in [6, 6.07) is 5.88. The molecule has 2 aromatic heterocycles. The Morgan fingerprint density at radius 1 is 1.35 bits per heavy atom. The number of aromatic nitrogens is 1. The molecule has 4 heterocycles. The quantitative estimate of drug-likeness (QED) is 0.829. The van der Waals surface area contributed by atoms with E-state index in [9.17, 15) is 9.59 Å². The van der Waals surface area contributed by atoms with Crippen LogP contribution >= 0.6 is 11.3 Å². The average molecular weight is 370 g/mol. The minimum atomic E-state index is -0.328. The van der Waals surface area contributed by atoms with E-state index in [0.717, 1.165) is 31.7 Å². The number of hydrogen-bond donors (Lipinski definition) is 0. The van der Waals surface area contributed by atoms with Crippen LogP contribution in [0, 0.1) is 0 Å². The molecule has 2 saturated heterocycles. The van der Waals surface area contributed by atoms with Gasteiger partial charge in [-0.05, 0) is 40.9 Å². The van der Waals surface area contributed by atoms with Gasteiger partial charge in [0, 0.05) is 32.8 Å². The number of piperazine rings is 1. The van der Waals surface area contributed by atoms with E-state index in [1.807, 2.05) is 12.1 Å². The molecule has 136 valence electrons. The van der Waals surface area contributed by atoms with Gasteiger partial charge in [-0.3, -0.25) is 19.5 Å². The second-order valence-corrected chi connectivity index (χ2v) is 7.89. The van der Waals surface area contributed by atoms with Crippen molar-refractivity contribution < 1.29 is 9.59 Å². The molecule has 0 radical (unpaired) electrons. The Balaban J connectivity index is 1.59. The Morgan fingerprint density at radius 2 is 2.23 bits per heavy atom. The molecule has 2 aliphatic heterocycles. The molecule has 1 unspecified atom stereocenters. The average Bonchev–Trinajstić information content (AvgIpc) is 3.28. The van der Waals surface area contributed by atoms with Crippen LogP contribution in [0.15, 0.2) is 41.4 Å². The molecule has 2 aromatic rings. The van der Waals surface area contributed by atoms with Gasteiger partial charge in [-0.1, -0.05) is 0 Å². The summed E-state index contributed by atoms with van der Waals surface area (Å²) in [6.45, 7) is 4.82. The van der Waals surface area contributed by atoms with Gasteiger partial charge in [-0.2, -0.15) is 11.3 Å². The Hall–Kier alpha value is -2.25. The van der Waals surface area contributed by atoms with Gasteiger partial charge in [0.25, 0.3) is 0 Å². The molecule has 2 aliphatic rings. The number of anilines is 1. The van der Waals surface area contributed by atoms with Crippen molar-refractivity contribution in [1.82, 2.24) is 14.8 Å². The summed E-state index contributed by atoms with van der Waals surface area (Å²) in [5, 5.41) is 4.26. The van der Waals surface area contributed by atoms with Gasteiger partial charge in [-0.25, -0.2) is 0 Å². The summed E-state index contributed by atoms with van der Waals surface area (Å²) in [5.74, 6) is -0.0725. The van der Waals surface area contributed by atoms with Gasteiger partial charge in [0.15, 0.2) is 0 Å². The molecule has 4 rings (SSSR count). The van der Waals surface area contributed by atoms with Crippen molar-refractivity contribution in [1.29, 1.82) is 0 Å². The first-order valence-corrected chi connectivity index (χ1v) is 9.74. The van der Waals surface area contributed by atoms with Crippen molar-refractivity contribution in [3.05, 3.63) is 46.9 Å². The van der Waals surface area contributed by atoms with Crippen molar-refractivity contribution in [2.45, 2.75) is 25.4 Å². The Bertz CT molecular complexity index is 795. The molecule has 6 nitrogen and oxygen atoms in total. The number of carbonyl (C=O) groups is 2. The summed E-state index contributed by atoms with van der Waals surface area (Å²) >= 11 is 1.70. The summed E-state index contributed by atoms with van der Waals surface area (Å²) in [4.78, 5) is 35.1. The first-order valence-electron chi connectivity index (χ1n) is 8.79. The molecule has 26 heavy (non-hydrogen) atoms. The number of hydrogen-bond acceptors (Lipinski definition) is 5. The monoisotopic (exact) mass is 370 g/mol. The molecular weight excluding hydrogens is 348 g/mol. The number of likely N-dealkylation sites (tertiary alicyclic amines) is 1. The van der Waals surface area contributed by atoms with Crippen molar-refractivity contribution in [3.8, 4) is 0 Å². The van der Waals surface area contributed by atoms with Gasteiger partial charge >= 0.3 is 0 Å². The maximum atomic E-state index is 12.7. The number of pyridine rings is 1. The lowest BCUT2D eigenvalue weighted by Gasteiger charge is -2.48. The molecule has 7 heteroatoms. The SMILES string of the molecule is CC(=O)N1CC(=O)N(c2cccnc2)CC12CCN(Cc1ccsc1)C2. The highest BCUT2D eigenvalue weighted by molar-refractivity contribution is 7.07. The van der Waals surface area contributed by atoms with Gasteiger partial charge in [-0.15, -0.1) is 0 Å². The largest absolute Gasteiger partial charge is 0.325 e. The zero-order chi connectivity index (χ0) is 18.1. The summed E-state index contributed by atoms with van der Waals surface area (Å²) in [5.41, 5.74) is 1.78. The molecule has 0 bridgehead atoms. The number of carbonyl (C=O) groups excluding carboxylic acids is 2. The zero-order valence-corrected chi connectivity index (χ0v) is 15.6. The molecule has 0 aliphatic carbocycles. The third-order valence-electron chi connectivity index (χ3n) is 5.35. The van der Waals surface area contributed by atoms with Crippen LogP contribution in [0.4, 0.5) is 5.69 Å².